The van der Waals surface area contributed by atoms with E-state index in [9.17, 15) is 0 Å². The highest BCUT2D eigenvalue weighted by molar-refractivity contribution is 8.14. The zero-order chi connectivity index (χ0) is 9.52. The summed E-state index contributed by atoms with van der Waals surface area (Å²) in [5.41, 5.74) is 1.15. The average molecular weight is 197 g/mol. The quantitative estimate of drug-likeness (QED) is 0.699. The number of aliphatic hydroxyl groups excluding tert-OH is 1. The molecule has 13 heavy (non-hydrogen) atoms. The van der Waals surface area contributed by atoms with Crippen LogP contribution >= 0.6 is 11.8 Å². The fourth-order valence-corrected chi connectivity index (χ4v) is 2.01. The van der Waals surface area contributed by atoms with Crippen LogP contribution < -0.4 is 0 Å². The van der Waals surface area contributed by atoms with E-state index in [4.69, 9.17) is 5.11 Å². The van der Waals surface area contributed by atoms with Crippen LogP contribution in [0.5, 0.6) is 0 Å². The number of rotatable bonds is 4. The van der Waals surface area contributed by atoms with Crippen molar-refractivity contribution in [3.8, 4) is 0 Å². The van der Waals surface area contributed by atoms with Crippen molar-refractivity contribution in [2.45, 2.75) is 13.3 Å². The molecule has 72 valence electrons. The summed E-state index contributed by atoms with van der Waals surface area (Å²) < 4.78 is 0. The molecule has 0 aromatic rings. The highest BCUT2D eigenvalue weighted by Crippen LogP contribution is 2.19. The maximum atomic E-state index is 8.67. The predicted octanol–water partition coefficient (Wildman–Crippen LogP) is 2.02. The Morgan fingerprint density at radius 2 is 2.54 bits per heavy atom. The maximum Gasteiger partial charge on any atom is 0.0974 e. The first-order chi connectivity index (χ1) is 6.38. The Hall–Kier alpha value is -0.540. The highest BCUT2D eigenvalue weighted by atomic mass is 32.2. The average Bonchev–Trinajstić information content (AvgIpc) is 2.65. The third-order valence-corrected chi connectivity index (χ3v) is 2.68. The van der Waals surface area contributed by atoms with E-state index in [0.717, 1.165) is 29.3 Å². The summed E-state index contributed by atoms with van der Waals surface area (Å²) in [6.45, 7) is 3.12. The van der Waals surface area contributed by atoms with Gasteiger partial charge in [0, 0.05) is 17.9 Å². The molecule has 0 aromatic carbocycles. The van der Waals surface area contributed by atoms with Crippen molar-refractivity contribution in [1.29, 1.82) is 0 Å². The molecule has 1 N–H and O–H groups in total. The summed E-state index contributed by atoms with van der Waals surface area (Å²) in [6, 6.07) is 0. The lowest BCUT2D eigenvalue weighted by Crippen LogP contribution is -1.92. The van der Waals surface area contributed by atoms with E-state index in [0.29, 0.717) is 0 Å². The Labute approximate surface area is 83.5 Å². The molecule has 0 radical (unpaired) electrons. The highest BCUT2D eigenvalue weighted by Gasteiger charge is 2.09. The number of aliphatic imine (C=N–C) groups is 1. The molecular formula is C10H15NOS. The Kier molecular flexibility index (Phi) is 4.86. The lowest BCUT2D eigenvalue weighted by molar-refractivity contribution is 0.342. The molecule has 0 saturated carbocycles. The Bertz CT molecular complexity index is 243. The van der Waals surface area contributed by atoms with E-state index in [1.54, 1.807) is 17.8 Å². The number of aliphatic hydroxyl groups is 1. The predicted molar refractivity (Wildman–Crippen MR) is 59.4 cm³/mol. The van der Waals surface area contributed by atoms with Gasteiger partial charge in [0.2, 0.25) is 0 Å². The minimum Gasteiger partial charge on any atom is -0.392 e. The number of hydrogen-bond acceptors (Lipinski definition) is 3. The molecule has 0 saturated heterocycles. The summed E-state index contributed by atoms with van der Waals surface area (Å²) in [4.78, 5) is 4.39. The van der Waals surface area contributed by atoms with Crippen LogP contribution in [0, 0.1) is 0 Å². The van der Waals surface area contributed by atoms with Gasteiger partial charge < -0.3 is 5.11 Å². The molecule has 0 aromatic heterocycles. The van der Waals surface area contributed by atoms with Crippen molar-refractivity contribution in [1.82, 2.24) is 0 Å². The van der Waals surface area contributed by atoms with Crippen LogP contribution in [0.3, 0.4) is 0 Å². The van der Waals surface area contributed by atoms with Gasteiger partial charge in [-0.1, -0.05) is 25.2 Å². The van der Waals surface area contributed by atoms with Crippen LogP contribution in [0.1, 0.15) is 13.3 Å². The molecule has 2 nitrogen and oxygen atoms in total. The lowest BCUT2D eigenvalue weighted by Gasteiger charge is -1.99. The number of hydrogen-bond donors (Lipinski definition) is 1. The van der Waals surface area contributed by atoms with E-state index in [-0.39, 0.29) is 6.61 Å². The van der Waals surface area contributed by atoms with Crippen molar-refractivity contribution in [2.24, 2.45) is 4.99 Å². The summed E-state index contributed by atoms with van der Waals surface area (Å²) in [6.07, 6.45) is 6.84. The normalized spacial score (nSPS) is 18.3. The zero-order valence-electron chi connectivity index (χ0n) is 7.86. The fourth-order valence-electron chi connectivity index (χ4n) is 1.14. The minimum absolute atomic E-state index is 0.0962. The summed E-state index contributed by atoms with van der Waals surface area (Å²) >= 11 is 1.79. The molecule has 0 atom stereocenters. The van der Waals surface area contributed by atoms with Crippen LogP contribution in [-0.4, -0.2) is 29.1 Å². The molecular weight excluding hydrogens is 182 g/mol. The fraction of sp³-hybridized carbons (Fsp3) is 0.500. The number of nitrogens with zero attached hydrogens (tertiary/aromatic N) is 1. The van der Waals surface area contributed by atoms with E-state index < -0.39 is 0 Å². The van der Waals surface area contributed by atoms with E-state index in [1.807, 2.05) is 6.08 Å². The van der Waals surface area contributed by atoms with Gasteiger partial charge in [-0.25, -0.2) is 0 Å². The SMILES string of the molecule is CC/C=C(\C=C/CO)C1=NCCS1. The molecule has 1 rings (SSSR count). The van der Waals surface area contributed by atoms with Crippen LogP contribution in [0.2, 0.25) is 0 Å². The van der Waals surface area contributed by atoms with Crippen LogP contribution in [0.25, 0.3) is 0 Å². The third-order valence-electron chi connectivity index (χ3n) is 1.66. The van der Waals surface area contributed by atoms with Gasteiger partial charge in [-0.15, -0.1) is 11.8 Å². The Morgan fingerprint density at radius 1 is 1.69 bits per heavy atom. The van der Waals surface area contributed by atoms with Gasteiger partial charge in [0.05, 0.1) is 11.7 Å². The first kappa shape index (κ1) is 10.5. The molecule has 1 aliphatic rings. The minimum atomic E-state index is 0.0962. The second-order valence-corrected chi connectivity index (χ2v) is 3.77. The van der Waals surface area contributed by atoms with Crippen molar-refractivity contribution in [3.05, 3.63) is 23.8 Å². The smallest absolute Gasteiger partial charge is 0.0974 e. The van der Waals surface area contributed by atoms with Crippen molar-refractivity contribution in [3.63, 3.8) is 0 Å². The second kappa shape index (κ2) is 6.00. The van der Waals surface area contributed by atoms with Gasteiger partial charge in [0.15, 0.2) is 0 Å². The lowest BCUT2D eigenvalue weighted by atomic mass is 10.2. The van der Waals surface area contributed by atoms with Crippen molar-refractivity contribution < 1.29 is 5.11 Å². The monoisotopic (exact) mass is 197 g/mol. The second-order valence-electron chi connectivity index (χ2n) is 2.69. The van der Waals surface area contributed by atoms with Gasteiger partial charge in [-0.05, 0) is 6.42 Å². The topological polar surface area (TPSA) is 32.6 Å². The first-order valence-corrected chi connectivity index (χ1v) is 5.52. The Balaban J connectivity index is 2.67. The molecule has 1 heterocycles. The zero-order valence-corrected chi connectivity index (χ0v) is 8.68. The van der Waals surface area contributed by atoms with E-state index >= 15 is 0 Å². The van der Waals surface area contributed by atoms with Crippen LogP contribution in [0.15, 0.2) is 28.8 Å². The first-order valence-electron chi connectivity index (χ1n) is 4.53. The summed E-state index contributed by atoms with van der Waals surface area (Å²) in [5, 5.41) is 9.78. The molecule has 0 amide bonds. The molecule has 3 heteroatoms. The van der Waals surface area contributed by atoms with Gasteiger partial charge >= 0.3 is 0 Å². The van der Waals surface area contributed by atoms with Gasteiger partial charge in [0.1, 0.15) is 0 Å². The Morgan fingerprint density at radius 3 is 3.08 bits per heavy atom. The molecule has 1 aliphatic heterocycles. The standard InChI is InChI=1S/C10H15NOS/c1-2-4-9(5-3-7-12)10-11-6-8-13-10/h3-5,12H,2,6-8H2,1H3/b5-3-,9-4+. The van der Waals surface area contributed by atoms with Crippen LogP contribution in [0.4, 0.5) is 0 Å². The van der Waals surface area contributed by atoms with Gasteiger partial charge in [-0.2, -0.15) is 0 Å². The van der Waals surface area contributed by atoms with Gasteiger partial charge in [-0.3, -0.25) is 4.99 Å². The molecule has 0 aliphatic carbocycles. The summed E-state index contributed by atoms with van der Waals surface area (Å²) in [7, 11) is 0. The van der Waals surface area contributed by atoms with E-state index in [2.05, 4.69) is 18.0 Å². The maximum absolute atomic E-state index is 8.67. The third kappa shape index (κ3) is 3.36. The molecule has 0 spiro atoms. The number of allylic oxidation sites excluding steroid dienone is 2. The van der Waals surface area contributed by atoms with E-state index in [1.165, 1.54) is 0 Å². The molecule has 0 bridgehead atoms. The number of thioether (sulfide) groups is 1. The molecule has 0 fully saturated rings. The largest absolute Gasteiger partial charge is 0.392 e. The summed E-state index contributed by atoms with van der Waals surface area (Å²) in [5.74, 6) is 1.09. The molecule has 0 unspecified atom stereocenters. The van der Waals surface area contributed by atoms with Crippen molar-refractivity contribution in [2.75, 3.05) is 18.9 Å². The van der Waals surface area contributed by atoms with Crippen molar-refractivity contribution >= 4 is 16.8 Å². The van der Waals surface area contributed by atoms with Crippen LogP contribution in [-0.2, 0) is 0 Å². The van der Waals surface area contributed by atoms with Gasteiger partial charge in [0.25, 0.3) is 0 Å².